The second-order valence-electron chi connectivity index (χ2n) is 8.62. The van der Waals surface area contributed by atoms with E-state index in [1.54, 1.807) is 6.20 Å². The van der Waals surface area contributed by atoms with Crippen molar-refractivity contribution in [2.75, 3.05) is 0 Å². The number of aromatic amines is 1. The predicted molar refractivity (Wildman–Crippen MR) is 137 cm³/mol. The van der Waals surface area contributed by atoms with Crippen molar-refractivity contribution in [1.82, 2.24) is 20.6 Å². The van der Waals surface area contributed by atoms with Crippen molar-refractivity contribution < 1.29 is 14.4 Å². The van der Waals surface area contributed by atoms with Crippen LogP contribution in [-0.2, 0) is 20.8 Å². The number of rotatable bonds is 6. The first-order valence-corrected chi connectivity index (χ1v) is 11.7. The Labute approximate surface area is 208 Å². The summed E-state index contributed by atoms with van der Waals surface area (Å²) in [6, 6.07) is 24.2. The molecule has 180 valence electrons. The SMILES string of the molecule is CC(=O)N[C@H](Cc1ccccc1)C(=O)N1N=C(c2ccccc2)NC(=O)[C@@H]1c1c[nH]c2ccccc12. The maximum Gasteiger partial charge on any atom is 0.266 e. The fourth-order valence-electron chi connectivity index (χ4n) is 4.44. The van der Waals surface area contributed by atoms with Gasteiger partial charge in [-0.2, -0.15) is 5.10 Å². The maximum absolute atomic E-state index is 14.0. The third-order valence-corrected chi connectivity index (χ3v) is 6.09. The summed E-state index contributed by atoms with van der Waals surface area (Å²) in [4.78, 5) is 42.8. The van der Waals surface area contributed by atoms with Gasteiger partial charge in [-0.3, -0.25) is 14.4 Å². The third kappa shape index (κ3) is 4.61. The van der Waals surface area contributed by atoms with Gasteiger partial charge in [-0.1, -0.05) is 78.9 Å². The summed E-state index contributed by atoms with van der Waals surface area (Å²) in [6.45, 7) is 1.37. The van der Waals surface area contributed by atoms with E-state index < -0.39 is 18.0 Å². The number of hydrogen-bond acceptors (Lipinski definition) is 4. The van der Waals surface area contributed by atoms with Crippen LogP contribution in [0.25, 0.3) is 10.9 Å². The monoisotopic (exact) mass is 479 g/mol. The van der Waals surface area contributed by atoms with Gasteiger partial charge < -0.3 is 15.6 Å². The molecule has 0 aliphatic carbocycles. The number of H-pyrrole nitrogens is 1. The van der Waals surface area contributed by atoms with E-state index in [0.717, 1.165) is 16.5 Å². The van der Waals surface area contributed by atoms with E-state index in [1.807, 2.05) is 84.9 Å². The van der Waals surface area contributed by atoms with Gasteiger partial charge in [-0.15, -0.1) is 0 Å². The number of amides is 3. The molecule has 8 heteroatoms. The Morgan fingerprint density at radius 3 is 2.36 bits per heavy atom. The number of hydrogen-bond donors (Lipinski definition) is 3. The highest BCUT2D eigenvalue weighted by Crippen LogP contribution is 2.32. The highest BCUT2D eigenvalue weighted by atomic mass is 16.2. The molecule has 3 aromatic carbocycles. The summed E-state index contributed by atoms with van der Waals surface area (Å²) in [6.07, 6.45) is 1.98. The van der Waals surface area contributed by atoms with E-state index >= 15 is 0 Å². The normalized spacial score (nSPS) is 16.2. The van der Waals surface area contributed by atoms with E-state index in [4.69, 9.17) is 0 Å². The van der Waals surface area contributed by atoms with E-state index in [-0.39, 0.29) is 24.1 Å². The van der Waals surface area contributed by atoms with Crippen molar-refractivity contribution in [2.24, 2.45) is 5.10 Å². The summed E-state index contributed by atoms with van der Waals surface area (Å²) < 4.78 is 0. The molecule has 3 amide bonds. The number of aromatic nitrogens is 1. The lowest BCUT2D eigenvalue weighted by molar-refractivity contribution is -0.144. The molecule has 0 bridgehead atoms. The molecule has 0 saturated heterocycles. The van der Waals surface area contributed by atoms with Crippen LogP contribution in [0.2, 0.25) is 0 Å². The molecule has 1 aliphatic heterocycles. The lowest BCUT2D eigenvalue weighted by atomic mass is 10.0. The number of carbonyl (C=O) groups excluding carboxylic acids is 3. The summed E-state index contributed by atoms with van der Waals surface area (Å²) in [7, 11) is 0. The molecule has 8 nitrogen and oxygen atoms in total. The zero-order chi connectivity index (χ0) is 25.1. The highest BCUT2D eigenvalue weighted by Gasteiger charge is 2.40. The molecule has 0 fully saturated rings. The number of amidine groups is 1. The van der Waals surface area contributed by atoms with Crippen LogP contribution in [0.15, 0.2) is 96.2 Å². The van der Waals surface area contributed by atoms with Crippen molar-refractivity contribution >= 4 is 34.5 Å². The Balaban J connectivity index is 1.60. The van der Waals surface area contributed by atoms with Gasteiger partial charge in [0, 0.05) is 41.6 Å². The second-order valence-corrected chi connectivity index (χ2v) is 8.62. The van der Waals surface area contributed by atoms with Gasteiger partial charge in [0.1, 0.15) is 6.04 Å². The molecule has 0 unspecified atom stereocenters. The van der Waals surface area contributed by atoms with Gasteiger partial charge in [-0.05, 0) is 11.6 Å². The Kier molecular flexibility index (Phi) is 6.32. The molecular formula is C28H25N5O3. The van der Waals surface area contributed by atoms with Crippen LogP contribution in [0.3, 0.4) is 0 Å². The van der Waals surface area contributed by atoms with Crippen molar-refractivity contribution in [2.45, 2.75) is 25.4 Å². The van der Waals surface area contributed by atoms with Crippen molar-refractivity contribution in [3.8, 4) is 0 Å². The second kappa shape index (κ2) is 9.87. The van der Waals surface area contributed by atoms with Gasteiger partial charge >= 0.3 is 0 Å². The first-order chi connectivity index (χ1) is 17.5. The standard InChI is InChI=1S/C28H25N5O3/c1-18(34)30-24(16-19-10-4-2-5-11-19)28(36)33-25(22-17-29-23-15-9-8-14-21(22)23)27(35)31-26(32-33)20-12-6-3-7-13-20/h2-15,17,24-25,29H,16H2,1H3,(H,30,34)(H,31,32,35)/t24-,25+/m1/s1. The average Bonchev–Trinajstić information content (AvgIpc) is 3.32. The first-order valence-electron chi connectivity index (χ1n) is 11.7. The van der Waals surface area contributed by atoms with Gasteiger partial charge in [0.15, 0.2) is 11.9 Å². The van der Waals surface area contributed by atoms with E-state index in [9.17, 15) is 14.4 Å². The quantitative estimate of drug-likeness (QED) is 0.395. The Morgan fingerprint density at radius 2 is 1.64 bits per heavy atom. The van der Waals surface area contributed by atoms with Crippen molar-refractivity contribution in [3.05, 3.63) is 108 Å². The molecule has 0 saturated carbocycles. The smallest absolute Gasteiger partial charge is 0.266 e. The van der Waals surface area contributed by atoms with Crippen LogP contribution < -0.4 is 10.6 Å². The summed E-state index contributed by atoms with van der Waals surface area (Å²) >= 11 is 0. The molecule has 0 radical (unpaired) electrons. The van der Waals surface area contributed by atoms with Gasteiger partial charge in [0.25, 0.3) is 11.8 Å². The minimum atomic E-state index is -1.02. The average molecular weight is 480 g/mol. The van der Waals surface area contributed by atoms with Gasteiger partial charge in [-0.25, -0.2) is 5.01 Å². The Morgan fingerprint density at radius 1 is 0.972 bits per heavy atom. The number of carbonyl (C=O) groups is 3. The lowest BCUT2D eigenvalue weighted by Gasteiger charge is -2.34. The highest BCUT2D eigenvalue weighted by molar-refractivity contribution is 6.12. The van der Waals surface area contributed by atoms with Gasteiger partial charge in [0.05, 0.1) is 0 Å². The summed E-state index contributed by atoms with van der Waals surface area (Å²) in [5.41, 5.74) is 3.00. The summed E-state index contributed by atoms with van der Waals surface area (Å²) in [5.74, 6) is -0.941. The third-order valence-electron chi connectivity index (χ3n) is 6.09. The number of fused-ring (bicyclic) bond motifs is 1. The minimum Gasteiger partial charge on any atom is -0.361 e. The summed E-state index contributed by atoms with van der Waals surface area (Å²) in [5, 5.41) is 12.3. The molecule has 5 rings (SSSR count). The van der Waals surface area contributed by atoms with E-state index in [0.29, 0.717) is 11.1 Å². The lowest BCUT2D eigenvalue weighted by Crippen LogP contribution is -2.55. The predicted octanol–water partition coefficient (Wildman–Crippen LogP) is 3.28. The van der Waals surface area contributed by atoms with Crippen LogP contribution >= 0.6 is 0 Å². The van der Waals surface area contributed by atoms with E-state index in [2.05, 4.69) is 20.7 Å². The minimum absolute atomic E-state index is 0.258. The largest absolute Gasteiger partial charge is 0.361 e. The molecule has 3 N–H and O–H groups in total. The zero-order valence-electron chi connectivity index (χ0n) is 19.6. The fraction of sp³-hybridized carbons (Fsp3) is 0.143. The van der Waals surface area contributed by atoms with Crippen LogP contribution in [0, 0.1) is 0 Å². The fourth-order valence-corrected chi connectivity index (χ4v) is 4.44. The van der Waals surface area contributed by atoms with Crippen molar-refractivity contribution in [1.29, 1.82) is 0 Å². The van der Waals surface area contributed by atoms with Crippen LogP contribution in [0.5, 0.6) is 0 Å². The van der Waals surface area contributed by atoms with Gasteiger partial charge in [0.2, 0.25) is 5.91 Å². The molecule has 2 heterocycles. The molecule has 1 aliphatic rings. The topological polar surface area (TPSA) is 107 Å². The van der Waals surface area contributed by atoms with Crippen LogP contribution in [0.4, 0.5) is 0 Å². The van der Waals surface area contributed by atoms with E-state index in [1.165, 1.54) is 11.9 Å². The zero-order valence-corrected chi connectivity index (χ0v) is 19.6. The first kappa shape index (κ1) is 23.0. The Hall–Kier alpha value is -4.72. The number of nitrogens with zero attached hydrogens (tertiary/aromatic N) is 2. The number of para-hydroxylation sites is 1. The number of nitrogens with one attached hydrogen (secondary N) is 3. The molecule has 36 heavy (non-hydrogen) atoms. The number of hydrazone groups is 1. The molecule has 4 aromatic rings. The Bertz CT molecular complexity index is 1450. The molecule has 2 atom stereocenters. The molecule has 1 aromatic heterocycles. The molecular weight excluding hydrogens is 454 g/mol. The maximum atomic E-state index is 14.0. The van der Waals surface area contributed by atoms with Crippen LogP contribution in [0.1, 0.15) is 29.7 Å². The van der Waals surface area contributed by atoms with Crippen LogP contribution in [-0.4, -0.2) is 39.6 Å². The van der Waals surface area contributed by atoms with Crippen molar-refractivity contribution in [3.63, 3.8) is 0 Å². The number of benzene rings is 3. The molecule has 0 spiro atoms.